The number of carbonyl (C=O) groups is 1. The molecule has 1 unspecified atom stereocenters. The van der Waals surface area contributed by atoms with Crippen molar-refractivity contribution in [2.75, 3.05) is 20.2 Å². The second kappa shape index (κ2) is 10.1. The van der Waals surface area contributed by atoms with E-state index in [4.69, 9.17) is 9.72 Å². The number of piperidine rings is 1. The fraction of sp³-hybridized carbons (Fsp3) is 0.357. The summed E-state index contributed by atoms with van der Waals surface area (Å²) in [5.74, 6) is 0.922. The summed E-state index contributed by atoms with van der Waals surface area (Å²) in [6, 6.07) is 15.5. The normalized spacial score (nSPS) is 16.1. The van der Waals surface area contributed by atoms with Crippen molar-refractivity contribution >= 4 is 17.1 Å². The fourth-order valence-electron chi connectivity index (χ4n) is 4.86. The first-order valence-electron chi connectivity index (χ1n) is 12.4. The lowest BCUT2D eigenvalue weighted by molar-refractivity contribution is 0.0269. The molecule has 186 valence electrons. The van der Waals surface area contributed by atoms with E-state index in [1.807, 2.05) is 47.4 Å². The molecule has 4 aromatic rings. The summed E-state index contributed by atoms with van der Waals surface area (Å²) < 4.78 is 7.06. The number of rotatable bonds is 6. The van der Waals surface area contributed by atoms with Gasteiger partial charge in [0.05, 0.1) is 18.8 Å². The van der Waals surface area contributed by atoms with Gasteiger partial charge in [0.2, 0.25) is 0 Å². The van der Waals surface area contributed by atoms with Crippen LogP contribution in [0, 0.1) is 0 Å². The summed E-state index contributed by atoms with van der Waals surface area (Å²) in [5.41, 5.74) is 4.58. The standard InChI is InChI=1S/C28H31N5O3/c1-18(2)22-8-4-5-9-23(22)25-29-15-24-26(31-25)33(28(35)30-24)16-19-10-12-20(13-11-19)27(34)32-14-6-7-21(17-32)36-3/h4-5,8-13,15,18,21H,6-7,14,16-17H2,1-3H3,(H,30,35). The molecule has 1 atom stereocenters. The number of amides is 1. The minimum absolute atomic E-state index is 0.00811. The number of imidazole rings is 1. The van der Waals surface area contributed by atoms with Crippen LogP contribution in [0.3, 0.4) is 0 Å². The topological polar surface area (TPSA) is 93.1 Å². The lowest BCUT2D eigenvalue weighted by Crippen LogP contribution is -2.42. The van der Waals surface area contributed by atoms with E-state index in [-0.39, 0.29) is 17.7 Å². The van der Waals surface area contributed by atoms with Crippen LogP contribution >= 0.6 is 0 Å². The molecule has 1 aliphatic heterocycles. The molecule has 0 radical (unpaired) electrons. The number of ether oxygens (including phenoxy) is 1. The van der Waals surface area contributed by atoms with E-state index in [1.165, 1.54) is 0 Å². The minimum Gasteiger partial charge on any atom is -0.380 e. The Balaban J connectivity index is 1.41. The second-order valence-corrected chi connectivity index (χ2v) is 9.64. The molecule has 0 spiro atoms. The van der Waals surface area contributed by atoms with E-state index in [0.29, 0.717) is 41.6 Å². The van der Waals surface area contributed by atoms with Gasteiger partial charge in [-0.25, -0.2) is 14.8 Å². The molecule has 3 heterocycles. The van der Waals surface area contributed by atoms with Gasteiger partial charge in [0.25, 0.3) is 5.91 Å². The zero-order valence-corrected chi connectivity index (χ0v) is 20.9. The van der Waals surface area contributed by atoms with E-state index in [2.05, 4.69) is 29.9 Å². The number of hydrogen-bond acceptors (Lipinski definition) is 5. The maximum atomic E-state index is 13.0. The van der Waals surface area contributed by atoms with Gasteiger partial charge >= 0.3 is 5.69 Å². The number of nitrogens with zero attached hydrogens (tertiary/aromatic N) is 4. The number of benzene rings is 2. The van der Waals surface area contributed by atoms with Crippen molar-refractivity contribution in [2.45, 2.75) is 45.3 Å². The van der Waals surface area contributed by atoms with Crippen molar-refractivity contribution in [1.82, 2.24) is 24.4 Å². The van der Waals surface area contributed by atoms with Crippen molar-refractivity contribution in [3.8, 4) is 11.4 Å². The fourth-order valence-corrected chi connectivity index (χ4v) is 4.86. The number of nitrogens with one attached hydrogen (secondary N) is 1. The van der Waals surface area contributed by atoms with Gasteiger partial charge in [-0.1, -0.05) is 50.2 Å². The number of aromatic nitrogens is 4. The Labute approximate surface area is 210 Å². The lowest BCUT2D eigenvalue weighted by Gasteiger charge is -2.32. The van der Waals surface area contributed by atoms with E-state index >= 15 is 0 Å². The van der Waals surface area contributed by atoms with Crippen LogP contribution in [-0.2, 0) is 11.3 Å². The van der Waals surface area contributed by atoms with Crippen LogP contribution in [0.25, 0.3) is 22.6 Å². The van der Waals surface area contributed by atoms with E-state index in [0.717, 1.165) is 36.1 Å². The van der Waals surface area contributed by atoms with Crippen molar-refractivity contribution in [3.05, 3.63) is 81.9 Å². The quantitative estimate of drug-likeness (QED) is 0.442. The van der Waals surface area contributed by atoms with Crippen LogP contribution in [0.1, 0.15) is 54.1 Å². The van der Waals surface area contributed by atoms with Gasteiger partial charge in [-0.05, 0) is 42.0 Å². The first-order valence-corrected chi connectivity index (χ1v) is 12.4. The predicted molar refractivity (Wildman–Crippen MR) is 139 cm³/mol. The molecule has 1 amide bonds. The highest BCUT2D eigenvalue weighted by Crippen LogP contribution is 2.27. The van der Waals surface area contributed by atoms with Crippen LogP contribution in [0.15, 0.2) is 59.5 Å². The van der Waals surface area contributed by atoms with Gasteiger partial charge in [0, 0.05) is 31.3 Å². The average molecular weight is 486 g/mol. The van der Waals surface area contributed by atoms with Crippen molar-refractivity contribution in [1.29, 1.82) is 0 Å². The van der Waals surface area contributed by atoms with E-state index in [9.17, 15) is 9.59 Å². The largest absolute Gasteiger partial charge is 0.380 e. The van der Waals surface area contributed by atoms with Gasteiger partial charge in [-0.2, -0.15) is 0 Å². The van der Waals surface area contributed by atoms with Crippen molar-refractivity contribution in [3.63, 3.8) is 0 Å². The first kappa shape index (κ1) is 23.9. The maximum Gasteiger partial charge on any atom is 0.328 e. The summed E-state index contributed by atoms with van der Waals surface area (Å²) in [4.78, 5) is 39.7. The van der Waals surface area contributed by atoms with Crippen molar-refractivity contribution < 1.29 is 9.53 Å². The third kappa shape index (κ3) is 4.68. The second-order valence-electron chi connectivity index (χ2n) is 9.64. The smallest absolute Gasteiger partial charge is 0.328 e. The van der Waals surface area contributed by atoms with Gasteiger partial charge in [-0.15, -0.1) is 0 Å². The molecule has 2 aromatic heterocycles. The van der Waals surface area contributed by atoms with Gasteiger partial charge in [0.1, 0.15) is 5.52 Å². The number of methoxy groups -OCH3 is 1. The van der Waals surface area contributed by atoms with Crippen LogP contribution < -0.4 is 5.69 Å². The Morgan fingerprint density at radius 3 is 2.69 bits per heavy atom. The zero-order chi connectivity index (χ0) is 25.2. The monoisotopic (exact) mass is 485 g/mol. The first-order chi connectivity index (χ1) is 17.4. The highest BCUT2D eigenvalue weighted by molar-refractivity contribution is 5.94. The van der Waals surface area contributed by atoms with E-state index in [1.54, 1.807) is 17.9 Å². The van der Waals surface area contributed by atoms with Crippen LogP contribution in [-0.4, -0.2) is 56.6 Å². The molecule has 1 saturated heterocycles. The molecule has 2 aromatic carbocycles. The van der Waals surface area contributed by atoms with Gasteiger partial charge < -0.3 is 14.6 Å². The Bertz CT molecular complexity index is 1440. The zero-order valence-electron chi connectivity index (χ0n) is 20.9. The average Bonchev–Trinajstić information content (AvgIpc) is 3.22. The van der Waals surface area contributed by atoms with Crippen LogP contribution in [0.2, 0.25) is 0 Å². The molecule has 1 fully saturated rings. The molecule has 8 heteroatoms. The summed E-state index contributed by atoms with van der Waals surface area (Å²) in [6.07, 6.45) is 3.68. The molecule has 1 aliphatic rings. The Hall–Kier alpha value is -3.78. The SMILES string of the molecule is COC1CCCN(C(=O)c2ccc(Cn3c(=O)[nH]c4cnc(-c5ccccc5C(C)C)nc43)cc2)C1. The summed E-state index contributed by atoms with van der Waals surface area (Å²) >= 11 is 0. The molecular weight excluding hydrogens is 454 g/mol. The highest BCUT2D eigenvalue weighted by Gasteiger charge is 2.24. The molecule has 36 heavy (non-hydrogen) atoms. The summed E-state index contributed by atoms with van der Waals surface area (Å²) in [6.45, 7) is 5.97. The number of aromatic amines is 1. The van der Waals surface area contributed by atoms with Gasteiger partial charge in [-0.3, -0.25) is 9.36 Å². The number of carbonyl (C=O) groups excluding carboxylic acids is 1. The molecule has 0 aliphatic carbocycles. The molecule has 5 rings (SSSR count). The highest BCUT2D eigenvalue weighted by atomic mass is 16.5. The number of likely N-dealkylation sites (tertiary alicyclic amines) is 1. The molecule has 8 nitrogen and oxygen atoms in total. The molecule has 0 bridgehead atoms. The number of H-pyrrole nitrogens is 1. The minimum atomic E-state index is -0.243. The summed E-state index contributed by atoms with van der Waals surface area (Å²) in [7, 11) is 1.69. The predicted octanol–water partition coefficient (Wildman–Crippen LogP) is 4.21. The van der Waals surface area contributed by atoms with E-state index < -0.39 is 0 Å². The Morgan fingerprint density at radius 2 is 1.94 bits per heavy atom. The Kier molecular flexibility index (Phi) is 6.69. The molecular formula is C28H31N5O3. The van der Waals surface area contributed by atoms with Crippen molar-refractivity contribution in [2.24, 2.45) is 0 Å². The summed E-state index contributed by atoms with van der Waals surface area (Å²) in [5, 5.41) is 0. The third-order valence-corrected chi connectivity index (χ3v) is 6.88. The maximum absolute atomic E-state index is 13.0. The van der Waals surface area contributed by atoms with Crippen LogP contribution in [0.4, 0.5) is 0 Å². The van der Waals surface area contributed by atoms with Crippen LogP contribution in [0.5, 0.6) is 0 Å². The molecule has 0 saturated carbocycles. The number of hydrogen-bond donors (Lipinski definition) is 1. The Morgan fingerprint density at radius 1 is 1.17 bits per heavy atom. The lowest BCUT2D eigenvalue weighted by atomic mass is 9.97. The third-order valence-electron chi connectivity index (χ3n) is 6.88. The number of fused-ring (bicyclic) bond motifs is 1. The van der Waals surface area contributed by atoms with Gasteiger partial charge in [0.15, 0.2) is 11.5 Å². The molecule has 1 N–H and O–H groups in total.